The van der Waals surface area contributed by atoms with E-state index in [0.717, 1.165) is 18.4 Å². The second kappa shape index (κ2) is 7.48. The molecule has 21 heavy (non-hydrogen) atoms. The van der Waals surface area contributed by atoms with E-state index in [1.807, 2.05) is 31.0 Å². The molecule has 116 valence electrons. The van der Waals surface area contributed by atoms with Gasteiger partial charge >= 0.3 is 0 Å². The summed E-state index contributed by atoms with van der Waals surface area (Å²) in [6.07, 6.45) is 4.64. The van der Waals surface area contributed by atoms with Crippen LogP contribution in [0.2, 0.25) is 10.0 Å². The Balaban J connectivity index is 1.91. The zero-order valence-electron chi connectivity index (χ0n) is 12.5. The van der Waals surface area contributed by atoms with Gasteiger partial charge < -0.3 is 5.32 Å². The molecular weight excluding hydrogens is 307 g/mol. The van der Waals surface area contributed by atoms with Crippen molar-refractivity contribution in [2.75, 3.05) is 7.05 Å². The van der Waals surface area contributed by atoms with E-state index in [4.69, 9.17) is 23.2 Å². The molecule has 5 heteroatoms. The van der Waals surface area contributed by atoms with Crippen molar-refractivity contribution >= 4 is 29.1 Å². The van der Waals surface area contributed by atoms with Crippen molar-refractivity contribution in [1.82, 2.24) is 10.2 Å². The average molecular weight is 329 g/mol. The molecule has 0 spiro atoms. The Kier molecular flexibility index (Phi) is 5.91. The molecule has 1 amide bonds. The van der Waals surface area contributed by atoms with Crippen LogP contribution < -0.4 is 5.32 Å². The second-order valence-corrected chi connectivity index (χ2v) is 6.66. The first-order valence-electron chi connectivity index (χ1n) is 7.42. The Morgan fingerprint density at radius 3 is 2.67 bits per heavy atom. The Labute approximate surface area is 136 Å². The molecule has 0 aromatic heterocycles. The number of nitrogens with one attached hydrogen (secondary N) is 1. The summed E-state index contributed by atoms with van der Waals surface area (Å²) >= 11 is 12.1. The number of hydrogen-bond acceptors (Lipinski definition) is 2. The van der Waals surface area contributed by atoms with E-state index in [1.165, 1.54) is 12.8 Å². The summed E-state index contributed by atoms with van der Waals surface area (Å²) in [6, 6.07) is 5.63. The summed E-state index contributed by atoms with van der Waals surface area (Å²) in [4.78, 5) is 14.3. The van der Waals surface area contributed by atoms with Crippen molar-refractivity contribution in [1.29, 1.82) is 0 Å². The van der Waals surface area contributed by atoms with Gasteiger partial charge in [-0.3, -0.25) is 9.69 Å². The minimum Gasteiger partial charge on any atom is -0.352 e. The third kappa shape index (κ3) is 4.60. The van der Waals surface area contributed by atoms with Gasteiger partial charge in [-0.1, -0.05) is 42.1 Å². The zero-order chi connectivity index (χ0) is 15.4. The molecule has 1 aliphatic carbocycles. The maximum atomic E-state index is 12.3. The number of benzene rings is 1. The van der Waals surface area contributed by atoms with Gasteiger partial charge in [0.25, 0.3) is 0 Å². The Morgan fingerprint density at radius 1 is 1.38 bits per heavy atom. The third-order valence-electron chi connectivity index (χ3n) is 4.18. The summed E-state index contributed by atoms with van der Waals surface area (Å²) < 4.78 is 0. The van der Waals surface area contributed by atoms with E-state index in [0.29, 0.717) is 22.6 Å². The lowest BCUT2D eigenvalue weighted by Crippen LogP contribution is -2.46. The predicted molar refractivity (Wildman–Crippen MR) is 87.8 cm³/mol. The zero-order valence-corrected chi connectivity index (χ0v) is 14.0. The minimum atomic E-state index is -0.183. The van der Waals surface area contributed by atoms with Gasteiger partial charge in [-0.15, -0.1) is 0 Å². The highest BCUT2D eigenvalue weighted by Crippen LogP contribution is 2.23. The van der Waals surface area contributed by atoms with Crippen LogP contribution in [0.1, 0.15) is 38.2 Å². The lowest BCUT2D eigenvalue weighted by Gasteiger charge is -2.25. The van der Waals surface area contributed by atoms with E-state index in [1.54, 1.807) is 6.07 Å². The summed E-state index contributed by atoms with van der Waals surface area (Å²) in [5, 5.41) is 4.39. The molecule has 1 atom stereocenters. The van der Waals surface area contributed by atoms with Crippen LogP contribution in [-0.4, -0.2) is 29.9 Å². The SMILES string of the molecule is C[C@H](C(=O)NC1CCCC1)N(C)Cc1ccc(Cl)cc1Cl. The van der Waals surface area contributed by atoms with Gasteiger partial charge in [0.1, 0.15) is 0 Å². The van der Waals surface area contributed by atoms with Crippen molar-refractivity contribution in [3.05, 3.63) is 33.8 Å². The fourth-order valence-corrected chi connectivity index (χ4v) is 3.12. The third-order valence-corrected chi connectivity index (χ3v) is 4.76. The van der Waals surface area contributed by atoms with Crippen LogP contribution in [0.15, 0.2) is 18.2 Å². The number of amides is 1. The molecule has 0 unspecified atom stereocenters. The number of likely N-dealkylation sites (N-methyl/N-ethyl adjacent to an activating group) is 1. The summed E-state index contributed by atoms with van der Waals surface area (Å²) in [6.45, 7) is 2.55. The van der Waals surface area contributed by atoms with Crippen LogP contribution in [0.3, 0.4) is 0 Å². The van der Waals surface area contributed by atoms with E-state index < -0.39 is 0 Å². The Hall–Kier alpha value is -0.770. The van der Waals surface area contributed by atoms with E-state index >= 15 is 0 Å². The molecule has 1 aromatic rings. The van der Waals surface area contributed by atoms with E-state index in [-0.39, 0.29) is 11.9 Å². The highest BCUT2D eigenvalue weighted by atomic mass is 35.5. The maximum absolute atomic E-state index is 12.3. The van der Waals surface area contributed by atoms with Crippen molar-refractivity contribution < 1.29 is 4.79 Å². The largest absolute Gasteiger partial charge is 0.352 e. The summed E-state index contributed by atoms with van der Waals surface area (Å²) in [5.41, 5.74) is 0.976. The molecule has 0 radical (unpaired) electrons. The number of hydrogen-bond donors (Lipinski definition) is 1. The molecule has 3 nitrogen and oxygen atoms in total. The molecule has 1 saturated carbocycles. The smallest absolute Gasteiger partial charge is 0.237 e. The normalized spacial score (nSPS) is 17.2. The maximum Gasteiger partial charge on any atom is 0.237 e. The molecule has 0 saturated heterocycles. The van der Waals surface area contributed by atoms with Crippen LogP contribution in [0.25, 0.3) is 0 Å². The topological polar surface area (TPSA) is 32.3 Å². The number of carbonyl (C=O) groups excluding carboxylic acids is 1. The Bertz CT molecular complexity index is 501. The number of carbonyl (C=O) groups is 1. The standard InChI is InChI=1S/C16H22Cl2N2O/c1-11(16(21)19-14-5-3-4-6-14)20(2)10-12-7-8-13(17)9-15(12)18/h7-9,11,14H,3-6,10H2,1-2H3,(H,19,21)/t11-/m1/s1. The van der Waals surface area contributed by atoms with Crippen molar-refractivity contribution in [2.24, 2.45) is 0 Å². The predicted octanol–water partition coefficient (Wildman–Crippen LogP) is 3.87. The van der Waals surface area contributed by atoms with Crippen LogP contribution in [0, 0.1) is 0 Å². The van der Waals surface area contributed by atoms with Crippen molar-refractivity contribution in [3.63, 3.8) is 0 Å². The number of halogens is 2. The highest BCUT2D eigenvalue weighted by molar-refractivity contribution is 6.35. The van der Waals surface area contributed by atoms with Gasteiger partial charge in [0.05, 0.1) is 6.04 Å². The Morgan fingerprint density at radius 2 is 2.05 bits per heavy atom. The lowest BCUT2D eigenvalue weighted by atomic mass is 10.1. The van der Waals surface area contributed by atoms with Gasteiger partial charge in [0, 0.05) is 22.6 Å². The highest BCUT2D eigenvalue weighted by Gasteiger charge is 2.23. The quantitative estimate of drug-likeness (QED) is 0.889. The van der Waals surface area contributed by atoms with Crippen molar-refractivity contribution in [3.8, 4) is 0 Å². The van der Waals surface area contributed by atoms with Gasteiger partial charge in [-0.25, -0.2) is 0 Å². The van der Waals surface area contributed by atoms with Crippen LogP contribution in [0.4, 0.5) is 0 Å². The number of rotatable bonds is 5. The second-order valence-electron chi connectivity index (χ2n) is 5.82. The van der Waals surface area contributed by atoms with Crippen molar-refractivity contribution in [2.45, 2.75) is 51.2 Å². The molecular formula is C16H22Cl2N2O. The fraction of sp³-hybridized carbons (Fsp3) is 0.562. The van der Waals surface area contributed by atoms with E-state index in [2.05, 4.69) is 5.32 Å². The van der Waals surface area contributed by atoms with Crippen LogP contribution >= 0.6 is 23.2 Å². The molecule has 1 fully saturated rings. The molecule has 1 N–H and O–H groups in total. The fourth-order valence-electron chi connectivity index (χ4n) is 2.65. The average Bonchev–Trinajstić information content (AvgIpc) is 2.93. The van der Waals surface area contributed by atoms with Gasteiger partial charge in [-0.2, -0.15) is 0 Å². The van der Waals surface area contributed by atoms with E-state index in [9.17, 15) is 4.79 Å². The first kappa shape index (κ1) is 16.6. The first-order chi connectivity index (χ1) is 9.97. The minimum absolute atomic E-state index is 0.0921. The molecule has 1 aromatic carbocycles. The summed E-state index contributed by atoms with van der Waals surface area (Å²) in [7, 11) is 1.93. The first-order valence-corrected chi connectivity index (χ1v) is 8.17. The molecule has 1 aliphatic rings. The lowest BCUT2D eigenvalue weighted by molar-refractivity contribution is -0.126. The molecule has 0 aliphatic heterocycles. The monoisotopic (exact) mass is 328 g/mol. The molecule has 0 heterocycles. The van der Waals surface area contributed by atoms with Crippen LogP contribution in [0.5, 0.6) is 0 Å². The molecule has 0 bridgehead atoms. The summed E-state index contributed by atoms with van der Waals surface area (Å²) in [5.74, 6) is 0.0921. The van der Waals surface area contributed by atoms with Gasteiger partial charge in [-0.05, 0) is 44.5 Å². The number of nitrogens with zero attached hydrogens (tertiary/aromatic N) is 1. The van der Waals surface area contributed by atoms with Gasteiger partial charge in [0.15, 0.2) is 0 Å². The van der Waals surface area contributed by atoms with Gasteiger partial charge in [0.2, 0.25) is 5.91 Å². The van der Waals surface area contributed by atoms with Crippen LogP contribution in [-0.2, 0) is 11.3 Å². The molecule has 2 rings (SSSR count).